The van der Waals surface area contributed by atoms with Crippen LogP contribution >= 0.6 is 24.0 Å². The van der Waals surface area contributed by atoms with Crippen molar-refractivity contribution in [3.8, 4) is 11.5 Å². The number of hydrogen-bond donors (Lipinski definition) is 2. The highest BCUT2D eigenvalue weighted by molar-refractivity contribution is 14.0. The van der Waals surface area contributed by atoms with Gasteiger partial charge in [-0.25, -0.2) is 0 Å². The highest BCUT2D eigenvalue weighted by atomic mass is 127. The summed E-state index contributed by atoms with van der Waals surface area (Å²) in [6.07, 6.45) is 5.57. The summed E-state index contributed by atoms with van der Waals surface area (Å²) in [4.78, 5) is 6.98. The molecule has 0 unspecified atom stereocenters. The number of methoxy groups -OCH3 is 1. The fourth-order valence-electron chi connectivity index (χ4n) is 3.15. The standard InChI is InChI=1S/C20H32N4O2.HI/c1-4-26-18-10-7-16(13-19(18)25-3)23-20(21-2)22-11-12-24(17-8-9-17)14-15-5-6-15;/h7,10,13,15,17H,4-6,8-9,11-12,14H2,1-3H3,(H2,21,22,23);1H. The lowest BCUT2D eigenvalue weighted by Crippen LogP contribution is -2.39. The topological polar surface area (TPSA) is 58.1 Å². The highest BCUT2D eigenvalue weighted by Crippen LogP contribution is 2.34. The molecule has 0 heterocycles. The molecule has 152 valence electrons. The van der Waals surface area contributed by atoms with Crippen molar-refractivity contribution in [3.05, 3.63) is 18.2 Å². The van der Waals surface area contributed by atoms with E-state index in [9.17, 15) is 0 Å². The Morgan fingerprint density at radius 1 is 1.22 bits per heavy atom. The lowest BCUT2D eigenvalue weighted by atomic mass is 10.2. The van der Waals surface area contributed by atoms with Crippen LogP contribution in [0.4, 0.5) is 5.69 Å². The monoisotopic (exact) mass is 488 g/mol. The summed E-state index contributed by atoms with van der Waals surface area (Å²) in [5.74, 6) is 3.20. The molecule has 0 bridgehead atoms. The van der Waals surface area contributed by atoms with E-state index < -0.39 is 0 Å². The molecule has 1 aromatic rings. The number of anilines is 1. The summed E-state index contributed by atoms with van der Waals surface area (Å²) in [5.41, 5.74) is 0.926. The molecule has 0 saturated heterocycles. The molecule has 0 spiro atoms. The van der Waals surface area contributed by atoms with Crippen molar-refractivity contribution < 1.29 is 9.47 Å². The first-order valence-corrected chi connectivity index (χ1v) is 9.76. The lowest BCUT2D eigenvalue weighted by molar-refractivity contribution is 0.257. The maximum atomic E-state index is 5.57. The summed E-state index contributed by atoms with van der Waals surface area (Å²) >= 11 is 0. The first-order chi connectivity index (χ1) is 12.7. The van der Waals surface area contributed by atoms with Gasteiger partial charge in [0.25, 0.3) is 0 Å². The molecule has 27 heavy (non-hydrogen) atoms. The normalized spacial score (nSPS) is 16.7. The second kappa shape index (κ2) is 10.9. The zero-order valence-electron chi connectivity index (χ0n) is 16.7. The van der Waals surface area contributed by atoms with Gasteiger partial charge in [0.1, 0.15) is 0 Å². The number of nitrogens with zero attached hydrogens (tertiary/aromatic N) is 2. The Labute approximate surface area is 180 Å². The van der Waals surface area contributed by atoms with Crippen LogP contribution in [0.25, 0.3) is 0 Å². The molecule has 2 N–H and O–H groups in total. The SMILES string of the molecule is CCOc1ccc(NC(=NC)NCCN(CC2CC2)C2CC2)cc1OC.I. The van der Waals surface area contributed by atoms with Crippen molar-refractivity contribution in [1.82, 2.24) is 10.2 Å². The van der Waals surface area contributed by atoms with E-state index in [1.807, 2.05) is 25.1 Å². The Morgan fingerprint density at radius 3 is 2.59 bits per heavy atom. The predicted molar refractivity (Wildman–Crippen MR) is 122 cm³/mol. The summed E-state index contributed by atoms with van der Waals surface area (Å²) in [7, 11) is 3.45. The largest absolute Gasteiger partial charge is 0.493 e. The average molecular weight is 488 g/mol. The van der Waals surface area contributed by atoms with Gasteiger partial charge in [-0.15, -0.1) is 24.0 Å². The van der Waals surface area contributed by atoms with Crippen LogP contribution in [0.5, 0.6) is 11.5 Å². The third-order valence-electron chi connectivity index (χ3n) is 4.89. The second-order valence-corrected chi connectivity index (χ2v) is 7.09. The molecular weight excluding hydrogens is 455 g/mol. The number of halogens is 1. The van der Waals surface area contributed by atoms with E-state index in [0.717, 1.165) is 48.2 Å². The zero-order valence-corrected chi connectivity index (χ0v) is 19.0. The van der Waals surface area contributed by atoms with Gasteiger partial charge >= 0.3 is 0 Å². The number of ether oxygens (including phenoxy) is 2. The third kappa shape index (κ3) is 7.03. The first kappa shape index (κ1) is 22.1. The van der Waals surface area contributed by atoms with Crippen LogP contribution in [0.3, 0.4) is 0 Å². The Morgan fingerprint density at radius 2 is 2.00 bits per heavy atom. The number of aliphatic imine (C=N–C) groups is 1. The lowest BCUT2D eigenvalue weighted by Gasteiger charge is -2.22. The Bertz CT molecular complexity index is 618. The molecule has 2 aliphatic rings. The van der Waals surface area contributed by atoms with Gasteiger partial charge in [-0.2, -0.15) is 0 Å². The van der Waals surface area contributed by atoms with Crippen LogP contribution in [0.2, 0.25) is 0 Å². The van der Waals surface area contributed by atoms with Crippen molar-refractivity contribution in [2.75, 3.05) is 45.7 Å². The fourth-order valence-corrected chi connectivity index (χ4v) is 3.15. The zero-order chi connectivity index (χ0) is 18.4. The molecule has 3 rings (SSSR count). The molecule has 2 aliphatic carbocycles. The summed E-state index contributed by atoms with van der Waals surface area (Å²) in [6.45, 7) is 5.83. The van der Waals surface area contributed by atoms with Crippen LogP contribution in [0, 0.1) is 5.92 Å². The van der Waals surface area contributed by atoms with E-state index in [0.29, 0.717) is 6.61 Å². The highest BCUT2D eigenvalue weighted by Gasteiger charge is 2.33. The Hall–Kier alpha value is -1.22. The van der Waals surface area contributed by atoms with Gasteiger partial charge in [0.2, 0.25) is 0 Å². The van der Waals surface area contributed by atoms with Gasteiger partial charge in [-0.1, -0.05) is 0 Å². The molecule has 2 fully saturated rings. The smallest absolute Gasteiger partial charge is 0.195 e. The second-order valence-electron chi connectivity index (χ2n) is 7.09. The molecule has 0 aliphatic heterocycles. The van der Waals surface area contributed by atoms with Gasteiger partial charge in [0, 0.05) is 44.5 Å². The van der Waals surface area contributed by atoms with E-state index in [1.165, 1.54) is 32.2 Å². The van der Waals surface area contributed by atoms with Crippen LogP contribution in [-0.2, 0) is 0 Å². The fraction of sp³-hybridized carbons (Fsp3) is 0.650. The molecule has 7 heteroatoms. The van der Waals surface area contributed by atoms with Crippen LogP contribution < -0.4 is 20.1 Å². The van der Waals surface area contributed by atoms with Crippen LogP contribution in [0.15, 0.2) is 23.2 Å². The predicted octanol–water partition coefficient (Wildman–Crippen LogP) is 3.57. The minimum Gasteiger partial charge on any atom is -0.493 e. The quantitative estimate of drug-likeness (QED) is 0.300. The van der Waals surface area contributed by atoms with Crippen molar-refractivity contribution in [2.45, 2.75) is 38.6 Å². The first-order valence-electron chi connectivity index (χ1n) is 9.76. The summed E-state index contributed by atoms with van der Waals surface area (Å²) in [6, 6.07) is 6.65. The Kier molecular flexibility index (Phi) is 8.95. The van der Waals surface area contributed by atoms with Gasteiger partial charge in [-0.05, 0) is 50.7 Å². The van der Waals surface area contributed by atoms with Gasteiger partial charge < -0.3 is 20.1 Å². The molecule has 0 radical (unpaired) electrons. The molecule has 2 saturated carbocycles. The number of rotatable bonds is 10. The molecule has 0 amide bonds. The number of benzene rings is 1. The van der Waals surface area contributed by atoms with E-state index in [2.05, 4.69) is 20.5 Å². The van der Waals surface area contributed by atoms with Crippen molar-refractivity contribution in [1.29, 1.82) is 0 Å². The van der Waals surface area contributed by atoms with Gasteiger partial charge in [0.05, 0.1) is 13.7 Å². The molecule has 0 aromatic heterocycles. The van der Waals surface area contributed by atoms with E-state index in [1.54, 1.807) is 14.2 Å². The van der Waals surface area contributed by atoms with Gasteiger partial charge in [-0.3, -0.25) is 9.89 Å². The van der Waals surface area contributed by atoms with Crippen molar-refractivity contribution in [3.63, 3.8) is 0 Å². The van der Waals surface area contributed by atoms with Gasteiger partial charge in [0.15, 0.2) is 17.5 Å². The third-order valence-corrected chi connectivity index (χ3v) is 4.89. The van der Waals surface area contributed by atoms with E-state index in [-0.39, 0.29) is 24.0 Å². The number of guanidine groups is 1. The maximum Gasteiger partial charge on any atom is 0.195 e. The van der Waals surface area contributed by atoms with Crippen molar-refractivity contribution >= 4 is 35.6 Å². The van der Waals surface area contributed by atoms with E-state index >= 15 is 0 Å². The summed E-state index contributed by atoms with van der Waals surface area (Å²) < 4.78 is 11.0. The maximum absolute atomic E-state index is 5.57. The Balaban J connectivity index is 0.00000261. The minimum atomic E-state index is 0. The number of hydrogen-bond acceptors (Lipinski definition) is 4. The number of nitrogens with one attached hydrogen (secondary N) is 2. The van der Waals surface area contributed by atoms with Crippen molar-refractivity contribution in [2.24, 2.45) is 10.9 Å². The molecule has 6 nitrogen and oxygen atoms in total. The molecule has 0 atom stereocenters. The summed E-state index contributed by atoms with van der Waals surface area (Å²) in [5, 5.41) is 6.76. The van der Waals surface area contributed by atoms with Crippen LogP contribution in [0.1, 0.15) is 32.6 Å². The average Bonchev–Trinajstić information content (AvgIpc) is 3.55. The molecular formula is C20H33IN4O2. The van der Waals surface area contributed by atoms with Crippen LogP contribution in [-0.4, -0.2) is 57.3 Å². The molecule has 1 aromatic carbocycles. The minimum absolute atomic E-state index is 0. The van der Waals surface area contributed by atoms with E-state index in [4.69, 9.17) is 9.47 Å².